The van der Waals surface area contributed by atoms with Crippen molar-refractivity contribution in [3.05, 3.63) is 162 Å². The van der Waals surface area contributed by atoms with Crippen LogP contribution in [-0.2, 0) is 5.41 Å². The van der Waals surface area contributed by atoms with Crippen LogP contribution in [0.2, 0.25) is 0 Å². The summed E-state index contributed by atoms with van der Waals surface area (Å²) in [7, 11) is 0. The molecule has 1 saturated carbocycles. The molecular weight excluding hydrogens is 579 g/mol. The molecule has 2 aliphatic carbocycles. The van der Waals surface area contributed by atoms with Crippen molar-refractivity contribution in [1.82, 2.24) is 0 Å². The molecule has 7 aromatic rings. The van der Waals surface area contributed by atoms with Gasteiger partial charge in [-0.1, -0.05) is 148 Å². The molecule has 0 bridgehead atoms. The Morgan fingerprint density at radius 3 is 1.94 bits per heavy atom. The number of anilines is 3. The third-order valence-corrected chi connectivity index (χ3v) is 11.3. The van der Waals surface area contributed by atoms with Crippen molar-refractivity contribution in [1.29, 1.82) is 0 Å². The Balaban J connectivity index is 1.30. The lowest BCUT2D eigenvalue weighted by Gasteiger charge is -2.31. The maximum Gasteiger partial charge on any atom is 0.0546 e. The molecule has 2 aliphatic rings. The van der Waals surface area contributed by atoms with Crippen molar-refractivity contribution in [2.75, 3.05) is 4.90 Å². The van der Waals surface area contributed by atoms with Gasteiger partial charge in [-0.15, -0.1) is 0 Å². The van der Waals surface area contributed by atoms with Crippen molar-refractivity contribution in [3.8, 4) is 22.3 Å². The molecule has 1 fully saturated rings. The van der Waals surface area contributed by atoms with Gasteiger partial charge < -0.3 is 4.90 Å². The lowest BCUT2D eigenvalue weighted by atomic mass is 9.82. The second-order valence-corrected chi connectivity index (χ2v) is 14.4. The van der Waals surface area contributed by atoms with Crippen LogP contribution in [0.15, 0.2) is 146 Å². The summed E-state index contributed by atoms with van der Waals surface area (Å²) in [6.45, 7) is 4.75. The van der Waals surface area contributed by atoms with E-state index in [9.17, 15) is 0 Å². The highest BCUT2D eigenvalue weighted by Gasteiger charge is 2.36. The molecule has 48 heavy (non-hydrogen) atoms. The second-order valence-electron chi connectivity index (χ2n) is 14.4. The second kappa shape index (κ2) is 11.5. The van der Waals surface area contributed by atoms with Gasteiger partial charge in [-0.05, 0) is 104 Å². The largest absolute Gasteiger partial charge is 0.310 e. The average molecular weight is 620 g/mol. The van der Waals surface area contributed by atoms with Crippen molar-refractivity contribution in [2.24, 2.45) is 0 Å². The lowest BCUT2D eigenvalue weighted by Crippen LogP contribution is -2.17. The van der Waals surface area contributed by atoms with Gasteiger partial charge in [0.2, 0.25) is 0 Å². The Kier molecular flexibility index (Phi) is 6.97. The summed E-state index contributed by atoms with van der Waals surface area (Å²) in [5.41, 5.74) is 13.0. The number of nitrogens with zero attached hydrogens (tertiary/aromatic N) is 1. The summed E-state index contributed by atoms with van der Waals surface area (Å²) < 4.78 is 0. The van der Waals surface area contributed by atoms with E-state index < -0.39 is 0 Å². The number of rotatable bonds is 5. The molecule has 0 heterocycles. The first-order valence-electron chi connectivity index (χ1n) is 17.7. The summed E-state index contributed by atoms with van der Waals surface area (Å²) in [5, 5.41) is 5.05. The summed E-state index contributed by atoms with van der Waals surface area (Å²) in [6.07, 6.45) is 6.67. The highest BCUT2D eigenvalue weighted by Crippen LogP contribution is 2.52. The fourth-order valence-corrected chi connectivity index (χ4v) is 8.76. The Bertz CT molecular complexity index is 2300. The molecular formula is C47H41N. The summed E-state index contributed by atoms with van der Waals surface area (Å²) in [4.78, 5) is 2.52. The molecule has 0 aromatic heterocycles. The predicted octanol–water partition coefficient (Wildman–Crippen LogP) is 13.5. The maximum atomic E-state index is 2.52. The minimum atomic E-state index is -0.0830. The zero-order valence-corrected chi connectivity index (χ0v) is 27.9. The van der Waals surface area contributed by atoms with Gasteiger partial charge in [0.1, 0.15) is 0 Å². The fourth-order valence-electron chi connectivity index (χ4n) is 8.76. The van der Waals surface area contributed by atoms with E-state index in [4.69, 9.17) is 0 Å². The molecule has 0 N–H and O–H groups in total. The van der Waals surface area contributed by atoms with Crippen LogP contribution in [0.1, 0.15) is 68.6 Å². The van der Waals surface area contributed by atoms with Gasteiger partial charge in [-0.25, -0.2) is 0 Å². The first kappa shape index (κ1) is 29.0. The Morgan fingerprint density at radius 2 is 1.12 bits per heavy atom. The van der Waals surface area contributed by atoms with Crippen molar-refractivity contribution in [3.63, 3.8) is 0 Å². The predicted molar refractivity (Wildman–Crippen MR) is 205 cm³/mol. The molecule has 0 atom stereocenters. The normalized spacial score (nSPS) is 15.4. The molecule has 0 unspecified atom stereocenters. The lowest BCUT2D eigenvalue weighted by molar-refractivity contribution is 0.443. The monoisotopic (exact) mass is 619 g/mol. The highest BCUT2D eigenvalue weighted by molar-refractivity contribution is 6.11. The third-order valence-electron chi connectivity index (χ3n) is 11.3. The molecule has 0 saturated heterocycles. The minimum absolute atomic E-state index is 0.0830. The van der Waals surface area contributed by atoms with E-state index in [0.717, 1.165) is 0 Å². The van der Waals surface area contributed by atoms with E-state index in [-0.39, 0.29) is 5.41 Å². The van der Waals surface area contributed by atoms with Gasteiger partial charge in [0.05, 0.1) is 5.69 Å². The molecule has 0 radical (unpaired) electrons. The van der Waals surface area contributed by atoms with Crippen LogP contribution in [-0.4, -0.2) is 0 Å². The number of fused-ring (bicyclic) bond motifs is 5. The van der Waals surface area contributed by atoms with Gasteiger partial charge in [0, 0.05) is 22.4 Å². The van der Waals surface area contributed by atoms with Gasteiger partial charge in [-0.3, -0.25) is 0 Å². The number of hydrogen-bond donors (Lipinski definition) is 0. The fraction of sp³-hybridized carbons (Fsp3) is 0.191. The van der Waals surface area contributed by atoms with Gasteiger partial charge in [-0.2, -0.15) is 0 Å². The zero-order valence-electron chi connectivity index (χ0n) is 27.9. The molecule has 9 rings (SSSR count). The van der Waals surface area contributed by atoms with Crippen LogP contribution < -0.4 is 4.90 Å². The molecule has 0 spiro atoms. The highest BCUT2D eigenvalue weighted by atomic mass is 15.1. The van der Waals surface area contributed by atoms with E-state index >= 15 is 0 Å². The van der Waals surface area contributed by atoms with E-state index in [1.807, 2.05) is 0 Å². The third kappa shape index (κ3) is 4.67. The van der Waals surface area contributed by atoms with Crippen molar-refractivity contribution < 1.29 is 0 Å². The first-order valence-corrected chi connectivity index (χ1v) is 17.7. The van der Waals surface area contributed by atoms with Gasteiger partial charge in [0.15, 0.2) is 0 Å². The van der Waals surface area contributed by atoms with E-state index in [1.54, 1.807) is 0 Å². The van der Waals surface area contributed by atoms with Crippen LogP contribution in [0.5, 0.6) is 0 Å². The Hall–Kier alpha value is -5.14. The van der Waals surface area contributed by atoms with E-state index in [2.05, 4.69) is 164 Å². The van der Waals surface area contributed by atoms with Crippen LogP contribution in [0.25, 0.3) is 43.8 Å². The minimum Gasteiger partial charge on any atom is -0.310 e. The summed E-state index contributed by atoms with van der Waals surface area (Å²) >= 11 is 0. The standard InChI is InChI=1S/C47H41N/c1-47(2)43-22-11-10-20-40(43)41-29-28-37(31-44(41)47)48(36-26-23-33(24-27-36)32-13-4-3-5-14-32)45-30-25-35-16-7-9-19-39(35)46(45)42-21-12-17-34-15-6-8-18-38(34)42/h6-12,15-32H,3-5,13-14H2,1-2H3. The van der Waals surface area contributed by atoms with Crippen LogP contribution in [0.4, 0.5) is 17.1 Å². The molecule has 7 aromatic carbocycles. The average Bonchev–Trinajstić information content (AvgIpc) is 3.37. The molecule has 234 valence electrons. The quantitative estimate of drug-likeness (QED) is 0.185. The molecule has 1 nitrogen and oxygen atoms in total. The van der Waals surface area contributed by atoms with E-state index in [1.165, 1.54) is 110 Å². The van der Waals surface area contributed by atoms with Gasteiger partial charge >= 0.3 is 0 Å². The van der Waals surface area contributed by atoms with Crippen molar-refractivity contribution in [2.45, 2.75) is 57.3 Å². The molecule has 0 aliphatic heterocycles. The Labute approximate surface area is 284 Å². The number of benzene rings is 7. The van der Waals surface area contributed by atoms with Crippen molar-refractivity contribution >= 4 is 38.6 Å². The molecule has 0 amide bonds. The smallest absolute Gasteiger partial charge is 0.0546 e. The van der Waals surface area contributed by atoms with Gasteiger partial charge in [0.25, 0.3) is 0 Å². The topological polar surface area (TPSA) is 3.24 Å². The first-order chi connectivity index (χ1) is 23.6. The van der Waals surface area contributed by atoms with E-state index in [0.29, 0.717) is 5.92 Å². The van der Waals surface area contributed by atoms with Crippen LogP contribution in [0.3, 0.4) is 0 Å². The number of hydrogen-bond acceptors (Lipinski definition) is 1. The Morgan fingerprint density at radius 1 is 0.500 bits per heavy atom. The van der Waals surface area contributed by atoms with Crippen LogP contribution in [0, 0.1) is 0 Å². The SMILES string of the molecule is CC1(C)c2ccccc2-c2ccc(N(c3ccc(C4CCCCC4)cc3)c3ccc4ccccc4c3-c3cccc4ccccc34)cc21. The maximum absolute atomic E-state index is 2.52. The summed E-state index contributed by atoms with van der Waals surface area (Å²) in [6, 6.07) is 54.7. The summed E-state index contributed by atoms with van der Waals surface area (Å²) in [5.74, 6) is 0.674. The molecule has 1 heteroatoms. The zero-order chi connectivity index (χ0) is 32.2. The van der Waals surface area contributed by atoms with Crippen LogP contribution >= 0.6 is 0 Å².